The molecule has 0 spiro atoms. The number of primary amides is 2. The van der Waals surface area contributed by atoms with Gasteiger partial charge in [-0.1, -0.05) is 116 Å². The summed E-state index contributed by atoms with van der Waals surface area (Å²) in [6.45, 7) is 16.9. The summed E-state index contributed by atoms with van der Waals surface area (Å²) >= 11 is 0. The van der Waals surface area contributed by atoms with E-state index in [1.165, 1.54) is 0 Å². The molecule has 1 aromatic rings. The Bertz CT molecular complexity index is 1770. The van der Waals surface area contributed by atoms with Crippen LogP contribution in [0.5, 0.6) is 0 Å². The van der Waals surface area contributed by atoms with Crippen LogP contribution in [0.4, 0.5) is 0 Å². The number of carbonyl (C=O) groups is 8. The molecule has 3 rings (SSSR count). The van der Waals surface area contributed by atoms with E-state index in [2.05, 4.69) is 28.2 Å². The average molecular weight is 968 g/mol. The Labute approximate surface area is 413 Å². The van der Waals surface area contributed by atoms with Crippen molar-refractivity contribution in [2.45, 2.75) is 208 Å². The summed E-state index contributed by atoms with van der Waals surface area (Å²) in [6.07, 6.45) is 12.6. The molecule has 6 amide bonds. The number of ketones is 1. The average Bonchev–Trinajstić information content (AvgIpc) is 4.05. The molecule has 0 aromatic heterocycles. The number of unbranched alkanes of at least 4 members (excludes halogenated alkanes) is 2. The first-order valence-corrected chi connectivity index (χ1v) is 25.8. The third kappa shape index (κ3) is 25.4. The zero-order valence-corrected chi connectivity index (χ0v) is 43.2. The maximum atomic E-state index is 13.6. The zero-order valence-electron chi connectivity index (χ0n) is 43.2. The van der Waals surface area contributed by atoms with Crippen LogP contribution >= 0.6 is 0 Å². The number of hydrogen-bond donors (Lipinski definition) is 7. The molecule has 0 radical (unpaired) electrons. The minimum Gasteiger partial charge on any atom is -0.481 e. The lowest BCUT2D eigenvalue weighted by molar-refractivity contribution is -0.141. The molecule has 16 heteroatoms. The normalized spacial score (nSPS) is 18.1. The third-order valence-corrected chi connectivity index (χ3v) is 13.0. The molecular formula is C53H89N7O9. The van der Waals surface area contributed by atoms with Gasteiger partial charge in [0.2, 0.25) is 35.4 Å². The second-order valence-corrected chi connectivity index (χ2v) is 18.8. The van der Waals surface area contributed by atoms with Crippen molar-refractivity contribution in [2.75, 3.05) is 13.1 Å². The lowest BCUT2D eigenvalue weighted by Crippen LogP contribution is -2.51. The Morgan fingerprint density at radius 3 is 2.01 bits per heavy atom. The number of carbonyl (C=O) groups excluding carboxylic acids is 7. The van der Waals surface area contributed by atoms with Crippen LogP contribution in [0.25, 0.3) is 0 Å². The highest BCUT2D eigenvalue weighted by molar-refractivity contribution is 5.91. The predicted molar refractivity (Wildman–Crippen MR) is 271 cm³/mol. The summed E-state index contributed by atoms with van der Waals surface area (Å²) < 4.78 is 0. The lowest BCUT2D eigenvalue weighted by Gasteiger charge is -2.29. The molecule has 2 aliphatic heterocycles. The molecule has 0 bridgehead atoms. The molecule has 2 fully saturated rings. The van der Waals surface area contributed by atoms with Gasteiger partial charge in [-0.05, 0) is 95.1 Å². The Kier molecular flexibility index (Phi) is 31.4. The van der Waals surface area contributed by atoms with E-state index in [9.17, 15) is 38.4 Å². The molecule has 0 saturated carbocycles. The fourth-order valence-corrected chi connectivity index (χ4v) is 8.73. The molecule has 2 aliphatic rings. The fraction of sp³-hybridized carbons (Fsp3) is 0.698. The number of hydrogen-bond acceptors (Lipinski definition) is 9. The Morgan fingerprint density at radius 2 is 1.45 bits per heavy atom. The first-order valence-electron chi connectivity index (χ1n) is 25.8. The van der Waals surface area contributed by atoms with Gasteiger partial charge in [-0.2, -0.15) is 0 Å². The van der Waals surface area contributed by atoms with Crippen LogP contribution in [-0.4, -0.2) is 101 Å². The van der Waals surface area contributed by atoms with Gasteiger partial charge >= 0.3 is 5.97 Å². The summed E-state index contributed by atoms with van der Waals surface area (Å²) in [5.41, 5.74) is 13.0. The Balaban J connectivity index is 0.00000146. The van der Waals surface area contributed by atoms with E-state index in [-0.39, 0.29) is 85.4 Å². The molecule has 1 aromatic carbocycles. The van der Waals surface area contributed by atoms with E-state index in [1.54, 1.807) is 18.7 Å². The maximum Gasteiger partial charge on any atom is 0.306 e. The maximum absolute atomic E-state index is 13.6. The molecule has 69 heavy (non-hydrogen) atoms. The second kappa shape index (κ2) is 35.1. The van der Waals surface area contributed by atoms with Crippen molar-refractivity contribution in [1.82, 2.24) is 26.2 Å². The molecule has 2 heterocycles. The number of allylic oxidation sites excluding steroid dienone is 1. The highest BCUT2D eigenvalue weighted by Crippen LogP contribution is 2.23. The standard InChI is InChI=1S/C41H71N7O7.C10H12O2.C2H6/c1-6-27(4)24-30(26-39(53)48-23-13-17-34(48)35(49)8-3)45-41(55)33(19-21-37(43)51)46-38(52)25-28(5)14-10-9-11-15-29(7-2)31(18-20-36(42)50)47-40(54)32-16-12-22-44-32;1-8(10(11)12)7-9-5-3-2-4-6-9;1-2/h7,27-28,30-34,44H,6,8-26H2,1-5H3,(H2,42,50)(H2,43,51)(H,45,55)(H,46,52)(H,47,54);2-6,8H,7H2,1H3,(H,11,12);1-2H3/b29-7-;;. The molecule has 16 nitrogen and oxygen atoms in total. The fourth-order valence-electron chi connectivity index (χ4n) is 8.73. The number of nitrogens with two attached hydrogens (primary N) is 2. The van der Waals surface area contributed by atoms with Gasteiger partial charge in [0, 0.05) is 44.7 Å². The van der Waals surface area contributed by atoms with E-state index < -0.39 is 41.8 Å². The first kappa shape index (κ1) is 61.9. The topological polar surface area (TPSA) is 260 Å². The number of aliphatic carboxylic acids is 1. The minimum absolute atomic E-state index is 0.0375. The smallest absolute Gasteiger partial charge is 0.306 e. The van der Waals surface area contributed by atoms with Gasteiger partial charge in [0.15, 0.2) is 5.78 Å². The number of carboxylic acids is 1. The van der Waals surface area contributed by atoms with E-state index in [4.69, 9.17) is 16.6 Å². The van der Waals surface area contributed by atoms with Crippen LogP contribution in [0.1, 0.15) is 177 Å². The number of Topliss-reactive ketones (excluding diaryl/α,β-unsaturated/α-hetero) is 1. The zero-order chi connectivity index (χ0) is 51.9. The van der Waals surface area contributed by atoms with Crippen molar-refractivity contribution in [3.8, 4) is 0 Å². The second-order valence-electron chi connectivity index (χ2n) is 18.8. The van der Waals surface area contributed by atoms with Crippen molar-refractivity contribution < 1.29 is 43.5 Å². The van der Waals surface area contributed by atoms with Crippen LogP contribution in [0.15, 0.2) is 42.0 Å². The number of likely N-dealkylation sites (tertiary alicyclic amines) is 1. The van der Waals surface area contributed by atoms with Gasteiger partial charge in [0.25, 0.3) is 0 Å². The minimum atomic E-state index is -0.991. The van der Waals surface area contributed by atoms with Crippen LogP contribution in [0.3, 0.4) is 0 Å². The van der Waals surface area contributed by atoms with Crippen LogP contribution in [0, 0.1) is 17.8 Å². The van der Waals surface area contributed by atoms with Crippen molar-refractivity contribution in [1.29, 1.82) is 0 Å². The van der Waals surface area contributed by atoms with Crippen molar-refractivity contribution in [3.63, 3.8) is 0 Å². The van der Waals surface area contributed by atoms with Gasteiger partial charge in [0.1, 0.15) is 6.04 Å². The van der Waals surface area contributed by atoms with Crippen molar-refractivity contribution in [3.05, 3.63) is 47.5 Å². The number of benzene rings is 1. The van der Waals surface area contributed by atoms with Crippen molar-refractivity contribution >= 4 is 47.2 Å². The molecular weight excluding hydrogens is 879 g/mol. The highest BCUT2D eigenvalue weighted by Gasteiger charge is 2.35. The van der Waals surface area contributed by atoms with Gasteiger partial charge in [0.05, 0.1) is 24.0 Å². The molecule has 2 saturated heterocycles. The van der Waals surface area contributed by atoms with Gasteiger partial charge in [-0.25, -0.2) is 0 Å². The largest absolute Gasteiger partial charge is 0.481 e. The third-order valence-electron chi connectivity index (χ3n) is 13.0. The van der Waals surface area contributed by atoms with Crippen LogP contribution in [-0.2, 0) is 44.8 Å². The van der Waals surface area contributed by atoms with Gasteiger partial charge < -0.3 is 42.7 Å². The highest BCUT2D eigenvalue weighted by atomic mass is 16.4. The number of amides is 6. The van der Waals surface area contributed by atoms with E-state index in [1.807, 2.05) is 71.0 Å². The molecule has 8 unspecified atom stereocenters. The summed E-state index contributed by atoms with van der Waals surface area (Å²) in [6, 6.07) is 7.28. The number of nitrogens with one attached hydrogen (secondary N) is 4. The number of nitrogens with zero attached hydrogens (tertiary/aromatic N) is 1. The van der Waals surface area contributed by atoms with Crippen LogP contribution in [0.2, 0.25) is 0 Å². The monoisotopic (exact) mass is 968 g/mol. The lowest BCUT2D eigenvalue weighted by atomic mass is 9.94. The number of carboxylic acid groups (broad SMARTS) is 1. The van der Waals surface area contributed by atoms with E-state index in [0.29, 0.717) is 38.6 Å². The quantitative estimate of drug-likeness (QED) is 0.0329. The van der Waals surface area contributed by atoms with Crippen LogP contribution < -0.4 is 32.7 Å². The molecule has 390 valence electrons. The summed E-state index contributed by atoms with van der Waals surface area (Å²) in [7, 11) is 0. The number of rotatable bonds is 30. The van der Waals surface area contributed by atoms with Gasteiger partial charge in [-0.15, -0.1) is 0 Å². The molecule has 8 atom stereocenters. The Hall–Kier alpha value is -5.12. The van der Waals surface area contributed by atoms with Gasteiger partial charge in [-0.3, -0.25) is 38.4 Å². The summed E-state index contributed by atoms with van der Waals surface area (Å²) in [5, 5.41) is 20.8. The van der Waals surface area contributed by atoms with Crippen molar-refractivity contribution in [2.24, 2.45) is 29.2 Å². The van der Waals surface area contributed by atoms with E-state index >= 15 is 0 Å². The SMILES string of the molecule is C/C=C(/CCCCCC(C)CC(=O)NC(CCC(N)=O)C(=O)NC(CC(=O)N1CCCC1C(=O)CC)CC(C)CC)C(CCC(N)=O)NC(=O)C1CCCN1.CC.CC(Cc1ccccc1)C(=O)O. The predicted octanol–water partition coefficient (Wildman–Crippen LogP) is 6.42. The summed E-state index contributed by atoms with van der Waals surface area (Å²) in [5.74, 6) is -2.70. The molecule has 0 aliphatic carbocycles. The Morgan fingerprint density at radius 1 is 0.797 bits per heavy atom. The summed E-state index contributed by atoms with van der Waals surface area (Å²) in [4.78, 5) is 101. The van der Waals surface area contributed by atoms with E-state index in [0.717, 1.165) is 75.5 Å². The molecule has 9 N–H and O–H groups in total. The first-order chi connectivity index (χ1) is 32.9.